The van der Waals surface area contributed by atoms with E-state index in [4.69, 9.17) is 5.73 Å². The predicted molar refractivity (Wildman–Crippen MR) is 76.9 cm³/mol. The molecule has 0 spiro atoms. The number of non-ortho nitro benzene ring substituents is 1. The van der Waals surface area contributed by atoms with Crippen molar-refractivity contribution in [2.45, 2.75) is 0 Å². The molecule has 2 aromatic carbocycles. The number of rotatable bonds is 4. The van der Waals surface area contributed by atoms with E-state index in [2.05, 4.69) is 0 Å². The molecule has 2 N–H and O–H groups in total. The minimum atomic E-state index is -0.673. The zero-order chi connectivity index (χ0) is 15.4. The fourth-order valence-electron chi connectivity index (χ4n) is 1.75. The summed E-state index contributed by atoms with van der Waals surface area (Å²) in [5.74, 6) is -1.20. The fraction of sp³-hybridized carbons (Fsp3) is 0. The summed E-state index contributed by atoms with van der Waals surface area (Å²) in [5, 5.41) is 10.7. The molecule has 1 amide bonds. The largest absolute Gasteiger partial charge is 0.366 e. The SMILES string of the molecule is NC(=O)c1ccc(/C=C/c2cc(F)cc([N+](=O)[O-])c2)cc1. The first-order chi connectivity index (χ1) is 9.95. The van der Waals surface area contributed by atoms with E-state index in [1.807, 2.05) is 0 Å². The van der Waals surface area contributed by atoms with Crippen LogP contribution >= 0.6 is 0 Å². The Morgan fingerprint density at radius 2 is 1.71 bits per heavy atom. The third kappa shape index (κ3) is 3.73. The van der Waals surface area contributed by atoms with Crippen LogP contribution in [0.25, 0.3) is 12.2 Å². The van der Waals surface area contributed by atoms with E-state index in [0.717, 1.165) is 11.6 Å². The van der Waals surface area contributed by atoms with Crippen molar-refractivity contribution in [2.75, 3.05) is 0 Å². The molecule has 0 aromatic heterocycles. The van der Waals surface area contributed by atoms with Gasteiger partial charge in [-0.25, -0.2) is 4.39 Å². The number of carbonyl (C=O) groups excluding carboxylic acids is 1. The second-order valence-electron chi connectivity index (χ2n) is 4.32. The third-order valence-corrected chi connectivity index (χ3v) is 2.78. The van der Waals surface area contributed by atoms with Gasteiger partial charge in [-0.3, -0.25) is 14.9 Å². The monoisotopic (exact) mass is 286 g/mol. The van der Waals surface area contributed by atoms with Crippen LogP contribution in [0.4, 0.5) is 10.1 Å². The minimum Gasteiger partial charge on any atom is -0.366 e. The van der Waals surface area contributed by atoms with Gasteiger partial charge in [0.25, 0.3) is 5.69 Å². The lowest BCUT2D eigenvalue weighted by Gasteiger charge is -1.98. The van der Waals surface area contributed by atoms with E-state index >= 15 is 0 Å². The highest BCUT2D eigenvalue weighted by Crippen LogP contribution is 2.18. The first-order valence-electron chi connectivity index (χ1n) is 5.98. The third-order valence-electron chi connectivity index (χ3n) is 2.78. The lowest BCUT2D eigenvalue weighted by molar-refractivity contribution is -0.385. The number of carbonyl (C=O) groups is 1. The van der Waals surface area contributed by atoms with Crippen molar-refractivity contribution < 1.29 is 14.1 Å². The molecule has 0 unspecified atom stereocenters. The van der Waals surface area contributed by atoms with Gasteiger partial charge in [-0.2, -0.15) is 0 Å². The molecule has 0 heterocycles. The first kappa shape index (κ1) is 14.4. The molecular weight excluding hydrogens is 275 g/mol. The molecule has 0 bridgehead atoms. The summed E-state index contributed by atoms with van der Waals surface area (Å²) < 4.78 is 13.3. The summed E-state index contributed by atoms with van der Waals surface area (Å²) in [6, 6.07) is 9.80. The Morgan fingerprint density at radius 3 is 2.29 bits per heavy atom. The molecule has 0 aliphatic rings. The number of primary amides is 1. The molecule has 0 saturated heterocycles. The van der Waals surface area contributed by atoms with E-state index in [1.165, 1.54) is 12.1 Å². The van der Waals surface area contributed by atoms with Crippen molar-refractivity contribution in [2.24, 2.45) is 5.73 Å². The Labute approximate surface area is 119 Å². The normalized spacial score (nSPS) is 10.7. The number of hydrogen-bond donors (Lipinski definition) is 1. The van der Waals surface area contributed by atoms with E-state index in [1.54, 1.807) is 36.4 Å². The maximum absolute atomic E-state index is 13.3. The number of nitro groups is 1. The average Bonchev–Trinajstić information content (AvgIpc) is 2.45. The van der Waals surface area contributed by atoms with Crippen molar-refractivity contribution in [1.82, 2.24) is 0 Å². The summed E-state index contributed by atoms with van der Waals surface area (Å²) in [6.07, 6.45) is 3.21. The Balaban J connectivity index is 2.24. The van der Waals surface area contributed by atoms with Crippen LogP contribution in [0.5, 0.6) is 0 Å². The van der Waals surface area contributed by atoms with Gasteiger partial charge >= 0.3 is 0 Å². The van der Waals surface area contributed by atoms with Crippen molar-refractivity contribution >= 4 is 23.7 Å². The molecule has 0 radical (unpaired) electrons. The second-order valence-corrected chi connectivity index (χ2v) is 4.32. The van der Waals surface area contributed by atoms with E-state index < -0.39 is 16.6 Å². The number of nitrogens with zero attached hydrogens (tertiary/aromatic N) is 1. The molecule has 0 aliphatic carbocycles. The minimum absolute atomic E-state index is 0.307. The molecule has 2 rings (SSSR count). The van der Waals surface area contributed by atoms with Crippen molar-refractivity contribution in [1.29, 1.82) is 0 Å². The van der Waals surface area contributed by atoms with Gasteiger partial charge in [-0.15, -0.1) is 0 Å². The Bertz CT molecular complexity index is 724. The zero-order valence-electron chi connectivity index (χ0n) is 10.8. The molecule has 0 fully saturated rings. The smallest absolute Gasteiger partial charge is 0.272 e. The summed E-state index contributed by atoms with van der Waals surface area (Å²) in [4.78, 5) is 20.9. The van der Waals surface area contributed by atoms with Crippen molar-refractivity contribution in [3.63, 3.8) is 0 Å². The molecule has 106 valence electrons. The molecule has 5 nitrogen and oxygen atoms in total. The van der Waals surface area contributed by atoms with Crippen molar-refractivity contribution in [3.8, 4) is 0 Å². The highest BCUT2D eigenvalue weighted by molar-refractivity contribution is 5.93. The molecule has 0 saturated carbocycles. The highest BCUT2D eigenvalue weighted by atomic mass is 19.1. The number of hydrogen-bond acceptors (Lipinski definition) is 3. The van der Waals surface area contributed by atoms with Gasteiger partial charge in [0, 0.05) is 11.6 Å². The lowest BCUT2D eigenvalue weighted by atomic mass is 10.1. The van der Waals surface area contributed by atoms with Crippen LogP contribution in [0.15, 0.2) is 42.5 Å². The summed E-state index contributed by atoms with van der Waals surface area (Å²) in [6.45, 7) is 0. The molecule has 21 heavy (non-hydrogen) atoms. The summed E-state index contributed by atoms with van der Waals surface area (Å²) in [7, 11) is 0. The van der Waals surface area contributed by atoms with Gasteiger partial charge in [0.05, 0.1) is 11.0 Å². The molecule has 2 aromatic rings. The Morgan fingerprint density at radius 1 is 1.10 bits per heavy atom. The quantitative estimate of drug-likeness (QED) is 0.532. The average molecular weight is 286 g/mol. The number of nitro benzene ring substituents is 1. The number of benzene rings is 2. The van der Waals surface area contributed by atoms with Crippen LogP contribution in [0.3, 0.4) is 0 Å². The fourth-order valence-corrected chi connectivity index (χ4v) is 1.75. The van der Waals surface area contributed by atoms with Crippen LogP contribution in [0.2, 0.25) is 0 Å². The van der Waals surface area contributed by atoms with Crippen LogP contribution in [-0.2, 0) is 0 Å². The van der Waals surface area contributed by atoms with E-state index in [0.29, 0.717) is 11.1 Å². The standard InChI is InChI=1S/C15H11FN2O3/c16-13-7-11(8-14(9-13)18(20)21)2-1-10-3-5-12(6-4-10)15(17)19/h1-9H,(H2,17,19)/b2-1+. The lowest BCUT2D eigenvalue weighted by Crippen LogP contribution is -2.10. The first-order valence-corrected chi connectivity index (χ1v) is 5.98. The van der Waals surface area contributed by atoms with Crippen molar-refractivity contribution in [3.05, 3.63) is 75.1 Å². The molecule has 0 aliphatic heterocycles. The van der Waals surface area contributed by atoms with Gasteiger partial charge in [-0.1, -0.05) is 24.3 Å². The van der Waals surface area contributed by atoms with Crippen LogP contribution in [0, 0.1) is 15.9 Å². The van der Waals surface area contributed by atoms with Crippen LogP contribution in [-0.4, -0.2) is 10.8 Å². The number of nitrogens with two attached hydrogens (primary N) is 1. The predicted octanol–water partition coefficient (Wildman–Crippen LogP) is 3.00. The maximum atomic E-state index is 13.3. The highest BCUT2D eigenvalue weighted by Gasteiger charge is 2.08. The number of amides is 1. The zero-order valence-corrected chi connectivity index (χ0v) is 10.8. The van der Waals surface area contributed by atoms with Gasteiger partial charge in [0.1, 0.15) is 5.82 Å². The van der Waals surface area contributed by atoms with Gasteiger partial charge in [-0.05, 0) is 29.3 Å². The maximum Gasteiger partial charge on any atom is 0.272 e. The molecular formula is C15H11FN2O3. The second kappa shape index (κ2) is 5.96. The van der Waals surface area contributed by atoms with Gasteiger partial charge in [0.2, 0.25) is 5.91 Å². The van der Waals surface area contributed by atoms with E-state index in [9.17, 15) is 19.3 Å². The van der Waals surface area contributed by atoms with Gasteiger partial charge in [0.15, 0.2) is 0 Å². The van der Waals surface area contributed by atoms with Crippen LogP contribution < -0.4 is 5.73 Å². The molecule has 0 atom stereocenters. The van der Waals surface area contributed by atoms with Gasteiger partial charge < -0.3 is 5.73 Å². The Kier molecular flexibility index (Phi) is 4.08. The number of halogens is 1. The topological polar surface area (TPSA) is 86.2 Å². The summed E-state index contributed by atoms with van der Waals surface area (Å²) in [5.41, 5.74) is 6.34. The molecule has 6 heteroatoms. The van der Waals surface area contributed by atoms with E-state index in [-0.39, 0.29) is 5.69 Å². The Hall–Kier alpha value is -3.02. The summed E-state index contributed by atoms with van der Waals surface area (Å²) >= 11 is 0. The van der Waals surface area contributed by atoms with Crippen LogP contribution in [0.1, 0.15) is 21.5 Å².